The summed E-state index contributed by atoms with van der Waals surface area (Å²) in [5.74, 6) is 0.0577. The second kappa shape index (κ2) is 6.02. The molecule has 0 bridgehead atoms. The van der Waals surface area contributed by atoms with Gasteiger partial charge in [-0.2, -0.15) is 0 Å². The molecule has 94 valence electrons. The molecule has 0 spiro atoms. The number of nitrogens with zero attached hydrogens (tertiary/aromatic N) is 1. The molecule has 18 heavy (non-hydrogen) atoms. The zero-order valence-corrected chi connectivity index (χ0v) is 11.6. The van der Waals surface area contributed by atoms with Crippen LogP contribution in [-0.2, 0) is 6.42 Å². The number of thiazole rings is 1. The van der Waals surface area contributed by atoms with Gasteiger partial charge in [0, 0.05) is 15.5 Å². The van der Waals surface area contributed by atoms with E-state index in [1.165, 1.54) is 4.88 Å². The zero-order valence-electron chi connectivity index (χ0n) is 9.92. The Morgan fingerprint density at radius 3 is 3.00 bits per heavy atom. The maximum Gasteiger partial charge on any atom is 0.335 e. The molecule has 1 N–H and O–H groups in total. The van der Waals surface area contributed by atoms with E-state index < -0.39 is 5.97 Å². The van der Waals surface area contributed by atoms with Gasteiger partial charge in [-0.3, -0.25) is 0 Å². The lowest BCUT2D eigenvalue weighted by Crippen LogP contribution is -1.95. The molecule has 1 aromatic carbocycles. The van der Waals surface area contributed by atoms with E-state index in [0.29, 0.717) is 5.56 Å². The lowest BCUT2D eigenvalue weighted by Gasteiger charge is -2.02. The molecule has 0 aliphatic rings. The van der Waals surface area contributed by atoms with Crippen LogP contribution >= 0.6 is 23.1 Å². The molecule has 0 radical (unpaired) electrons. The minimum atomic E-state index is -0.879. The topological polar surface area (TPSA) is 50.2 Å². The van der Waals surface area contributed by atoms with Crippen LogP contribution in [0.5, 0.6) is 0 Å². The van der Waals surface area contributed by atoms with E-state index in [1.54, 1.807) is 41.3 Å². The van der Waals surface area contributed by atoms with Crippen molar-refractivity contribution < 1.29 is 9.90 Å². The number of hydrogen-bond acceptors (Lipinski definition) is 4. The molecule has 0 aliphatic carbocycles. The number of aryl methyl sites for hydroxylation is 2. The van der Waals surface area contributed by atoms with Gasteiger partial charge in [0.15, 0.2) is 0 Å². The van der Waals surface area contributed by atoms with E-state index in [0.717, 1.165) is 22.8 Å². The highest BCUT2D eigenvalue weighted by Crippen LogP contribution is 2.22. The van der Waals surface area contributed by atoms with Crippen LogP contribution in [0.2, 0.25) is 0 Å². The van der Waals surface area contributed by atoms with Gasteiger partial charge in [-0.1, -0.05) is 6.07 Å². The Morgan fingerprint density at radius 1 is 1.50 bits per heavy atom. The summed E-state index contributed by atoms with van der Waals surface area (Å²) in [5.41, 5.74) is 3.30. The number of benzene rings is 1. The van der Waals surface area contributed by atoms with Crippen molar-refractivity contribution in [1.82, 2.24) is 4.98 Å². The summed E-state index contributed by atoms with van der Waals surface area (Å²) in [7, 11) is 0. The summed E-state index contributed by atoms with van der Waals surface area (Å²) in [6.07, 6.45) is 0.971. The number of rotatable bonds is 5. The van der Waals surface area contributed by atoms with Gasteiger partial charge >= 0.3 is 5.97 Å². The molecular weight excluding hydrogens is 266 g/mol. The summed E-state index contributed by atoms with van der Waals surface area (Å²) in [6.45, 7) is 2.02. The van der Waals surface area contributed by atoms with Gasteiger partial charge in [0.2, 0.25) is 0 Å². The van der Waals surface area contributed by atoms with Crippen molar-refractivity contribution in [2.24, 2.45) is 0 Å². The molecule has 0 saturated heterocycles. The molecule has 2 rings (SSSR count). The Bertz CT molecular complexity index is 551. The second-order valence-corrected chi connectivity index (χ2v) is 5.90. The third-order valence-electron chi connectivity index (χ3n) is 2.52. The van der Waals surface area contributed by atoms with Crippen LogP contribution in [0.3, 0.4) is 0 Å². The standard InChI is InChI=1S/C13H13NO2S2/c1-9-12(18-8-14-9)5-6-17-11-4-2-3-10(7-11)13(15)16/h2-4,7-8H,5-6H2,1H3,(H,15,16). The quantitative estimate of drug-likeness (QED) is 0.851. The van der Waals surface area contributed by atoms with Gasteiger partial charge in [0.25, 0.3) is 0 Å². The van der Waals surface area contributed by atoms with Crippen LogP contribution in [0.1, 0.15) is 20.9 Å². The van der Waals surface area contributed by atoms with E-state index in [1.807, 2.05) is 18.5 Å². The van der Waals surface area contributed by atoms with Crippen LogP contribution in [0.4, 0.5) is 0 Å². The van der Waals surface area contributed by atoms with E-state index in [-0.39, 0.29) is 0 Å². The fourth-order valence-electron chi connectivity index (χ4n) is 1.55. The molecule has 1 heterocycles. The largest absolute Gasteiger partial charge is 0.478 e. The number of hydrogen-bond donors (Lipinski definition) is 1. The smallest absolute Gasteiger partial charge is 0.335 e. The normalized spacial score (nSPS) is 10.5. The molecule has 0 atom stereocenters. The Morgan fingerprint density at radius 2 is 2.33 bits per heavy atom. The first-order valence-electron chi connectivity index (χ1n) is 5.52. The molecule has 0 fully saturated rings. The van der Waals surface area contributed by atoms with Crippen molar-refractivity contribution in [2.45, 2.75) is 18.2 Å². The third-order valence-corrected chi connectivity index (χ3v) is 4.51. The Labute approximate surface area is 114 Å². The van der Waals surface area contributed by atoms with Gasteiger partial charge in [-0.25, -0.2) is 9.78 Å². The lowest BCUT2D eigenvalue weighted by molar-refractivity contribution is 0.0696. The molecule has 0 amide bonds. The molecule has 3 nitrogen and oxygen atoms in total. The predicted octanol–water partition coefficient (Wildman–Crippen LogP) is 3.48. The van der Waals surface area contributed by atoms with Crippen molar-refractivity contribution in [2.75, 3.05) is 5.75 Å². The molecule has 0 saturated carbocycles. The van der Waals surface area contributed by atoms with Gasteiger partial charge in [0.1, 0.15) is 0 Å². The van der Waals surface area contributed by atoms with Crippen LogP contribution in [-0.4, -0.2) is 21.8 Å². The predicted molar refractivity (Wildman–Crippen MR) is 74.7 cm³/mol. The minimum absolute atomic E-state index is 0.342. The summed E-state index contributed by atoms with van der Waals surface area (Å²) in [5, 5.41) is 8.91. The maximum absolute atomic E-state index is 10.8. The highest BCUT2D eigenvalue weighted by Gasteiger charge is 2.05. The van der Waals surface area contributed by atoms with Crippen LogP contribution < -0.4 is 0 Å². The molecule has 2 aromatic rings. The molecular formula is C13H13NO2S2. The second-order valence-electron chi connectivity index (χ2n) is 3.79. The number of thioether (sulfide) groups is 1. The molecule has 0 unspecified atom stereocenters. The fraction of sp³-hybridized carbons (Fsp3) is 0.231. The molecule has 1 aromatic heterocycles. The monoisotopic (exact) mass is 279 g/mol. The van der Waals surface area contributed by atoms with Gasteiger partial charge in [-0.05, 0) is 31.5 Å². The van der Waals surface area contributed by atoms with E-state index in [4.69, 9.17) is 5.11 Å². The van der Waals surface area contributed by atoms with Crippen molar-refractivity contribution in [1.29, 1.82) is 0 Å². The van der Waals surface area contributed by atoms with Crippen molar-refractivity contribution in [3.05, 3.63) is 45.9 Å². The van der Waals surface area contributed by atoms with Crippen LogP contribution in [0, 0.1) is 6.92 Å². The first-order valence-corrected chi connectivity index (χ1v) is 7.38. The average Bonchev–Trinajstić information content (AvgIpc) is 2.76. The Kier molecular flexibility index (Phi) is 4.38. The Balaban J connectivity index is 1.92. The summed E-state index contributed by atoms with van der Waals surface area (Å²) >= 11 is 3.35. The van der Waals surface area contributed by atoms with E-state index in [9.17, 15) is 4.79 Å². The van der Waals surface area contributed by atoms with Crippen LogP contribution in [0.25, 0.3) is 0 Å². The highest BCUT2D eigenvalue weighted by atomic mass is 32.2. The van der Waals surface area contributed by atoms with Crippen LogP contribution in [0.15, 0.2) is 34.7 Å². The average molecular weight is 279 g/mol. The number of aromatic nitrogens is 1. The van der Waals surface area contributed by atoms with Crippen molar-refractivity contribution in [3.63, 3.8) is 0 Å². The first-order chi connectivity index (χ1) is 8.66. The van der Waals surface area contributed by atoms with Crippen molar-refractivity contribution >= 4 is 29.1 Å². The number of aromatic carboxylic acids is 1. The zero-order chi connectivity index (χ0) is 13.0. The number of carboxylic acid groups (broad SMARTS) is 1. The van der Waals surface area contributed by atoms with Gasteiger partial charge in [0.05, 0.1) is 16.8 Å². The van der Waals surface area contributed by atoms with E-state index in [2.05, 4.69) is 4.98 Å². The summed E-state index contributed by atoms with van der Waals surface area (Å²) in [4.78, 5) is 17.4. The number of carbonyl (C=O) groups is 1. The highest BCUT2D eigenvalue weighted by molar-refractivity contribution is 7.99. The summed E-state index contributed by atoms with van der Waals surface area (Å²) in [6, 6.07) is 7.05. The third kappa shape index (κ3) is 3.34. The van der Waals surface area contributed by atoms with Crippen molar-refractivity contribution in [3.8, 4) is 0 Å². The Hall–Kier alpha value is -1.33. The molecule has 0 aliphatic heterocycles. The molecule has 5 heteroatoms. The fourth-order valence-corrected chi connectivity index (χ4v) is 3.38. The maximum atomic E-state index is 10.8. The van der Waals surface area contributed by atoms with Gasteiger partial charge in [-0.15, -0.1) is 23.1 Å². The minimum Gasteiger partial charge on any atom is -0.478 e. The SMILES string of the molecule is Cc1ncsc1CCSc1cccc(C(=O)O)c1. The summed E-state index contributed by atoms with van der Waals surface area (Å²) < 4.78 is 0. The van der Waals surface area contributed by atoms with Gasteiger partial charge < -0.3 is 5.11 Å². The lowest BCUT2D eigenvalue weighted by atomic mass is 10.2. The first kappa shape index (κ1) is 13.1. The number of carboxylic acids is 1. The van der Waals surface area contributed by atoms with E-state index >= 15 is 0 Å².